The van der Waals surface area contributed by atoms with Gasteiger partial charge in [-0.2, -0.15) is 0 Å². The van der Waals surface area contributed by atoms with Gasteiger partial charge in [0.25, 0.3) is 0 Å². The van der Waals surface area contributed by atoms with E-state index in [1.807, 2.05) is 13.8 Å². The standard InChI is InChI=1S/C16H21NO5/c1-10(2)8-12(16(20)21)17-15(19)7-5-11-4-6-13(18)14(9-11)22-3/h4-7,9-10,12,18H,8H2,1-3H3,(H,17,19)(H,20,21)/t12-/m0/s1. The summed E-state index contributed by atoms with van der Waals surface area (Å²) >= 11 is 0. The van der Waals surface area contributed by atoms with Gasteiger partial charge in [0, 0.05) is 6.08 Å². The van der Waals surface area contributed by atoms with Crippen LogP contribution in [0.3, 0.4) is 0 Å². The van der Waals surface area contributed by atoms with Crippen LogP contribution < -0.4 is 10.1 Å². The molecule has 0 saturated carbocycles. The monoisotopic (exact) mass is 307 g/mol. The van der Waals surface area contributed by atoms with E-state index < -0.39 is 17.9 Å². The number of methoxy groups -OCH3 is 1. The van der Waals surface area contributed by atoms with Crippen molar-refractivity contribution in [3.8, 4) is 11.5 Å². The molecule has 0 fully saturated rings. The number of aliphatic carboxylic acids is 1. The predicted molar refractivity (Wildman–Crippen MR) is 82.7 cm³/mol. The number of carboxylic acids is 1. The number of hydrogen-bond acceptors (Lipinski definition) is 4. The van der Waals surface area contributed by atoms with Crippen molar-refractivity contribution < 1.29 is 24.5 Å². The second-order valence-electron chi connectivity index (χ2n) is 5.29. The van der Waals surface area contributed by atoms with Crippen LogP contribution in [0.15, 0.2) is 24.3 Å². The number of ether oxygens (including phenoxy) is 1. The lowest BCUT2D eigenvalue weighted by Gasteiger charge is -2.15. The van der Waals surface area contributed by atoms with Crippen molar-refractivity contribution in [1.29, 1.82) is 0 Å². The fraction of sp³-hybridized carbons (Fsp3) is 0.375. The lowest BCUT2D eigenvalue weighted by molar-refractivity contribution is -0.141. The number of benzene rings is 1. The first-order valence-corrected chi connectivity index (χ1v) is 6.92. The molecule has 0 aromatic heterocycles. The number of phenols is 1. The maximum absolute atomic E-state index is 11.8. The summed E-state index contributed by atoms with van der Waals surface area (Å²) in [6.07, 6.45) is 3.13. The van der Waals surface area contributed by atoms with Gasteiger partial charge in [-0.15, -0.1) is 0 Å². The van der Waals surface area contributed by atoms with Crippen molar-refractivity contribution in [2.75, 3.05) is 7.11 Å². The fourth-order valence-electron chi connectivity index (χ4n) is 1.88. The van der Waals surface area contributed by atoms with Crippen molar-refractivity contribution in [3.05, 3.63) is 29.8 Å². The van der Waals surface area contributed by atoms with Gasteiger partial charge in [0.2, 0.25) is 5.91 Å². The molecule has 1 rings (SSSR count). The van der Waals surface area contributed by atoms with Crippen LogP contribution in [0.2, 0.25) is 0 Å². The van der Waals surface area contributed by atoms with Crippen molar-refractivity contribution >= 4 is 18.0 Å². The van der Waals surface area contributed by atoms with Crippen LogP contribution in [-0.4, -0.2) is 35.2 Å². The minimum absolute atomic E-state index is 0.00646. The van der Waals surface area contributed by atoms with Gasteiger partial charge >= 0.3 is 5.97 Å². The molecule has 0 aliphatic rings. The van der Waals surface area contributed by atoms with Gasteiger partial charge in [-0.3, -0.25) is 4.79 Å². The van der Waals surface area contributed by atoms with Crippen molar-refractivity contribution in [2.24, 2.45) is 5.92 Å². The van der Waals surface area contributed by atoms with Gasteiger partial charge in [-0.25, -0.2) is 4.79 Å². The third-order valence-corrected chi connectivity index (χ3v) is 2.95. The molecular weight excluding hydrogens is 286 g/mol. The molecule has 0 bridgehead atoms. The minimum Gasteiger partial charge on any atom is -0.504 e. The van der Waals surface area contributed by atoms with Crippen molar-refractivity contribution in [2.45, 2.75) is 26.3 Å². The van der Waals surface area contributed by atoms with E-state index in [2.05, 4.69) is 5.32 Å². The molecule has 0 saturated heterocycles. The van der Waals surface area contributed by atoms with Gasteiger partial charge in [0.1, 0.15) is 6.04 Å². The first-order chi connectivity index (χ1) is 10.3. The van der Waals surface area contributed by atoms with Crippen LogP contribution in [0, 0.1) is 5.92 Å². The molecule has 1 aromatic rings. The number of phenolic OH excluding ortho intramolecular Hbond substituents is 1. The largest absolute Gasteiger partial charge is 0.504 e. The molecule has 0 heterocycles. The van der Waals surface area contributed by atoms with E-state index in [4.69, 9.17) is 9.84 Å². The highest BCUT2D eigenvalue weighted by Crippen LogP contribution is 2.26. The summed E-state index contributed by atoms with van der Waals surface area (Å²) in [5.74, 6) is -1.08. The first kappa shape index (κ1) is 17.6. The number of hydrogen-bond donors (Lipinski definition) is 3. The Hall–Kier alpha value is -2.50. The zero-order chi connectivity index (χ0) is 16.7. The molecule has 0 radical (unpaired) electrons. The summed E-state index contributed by atoms with van der Waals surface area (Å²) in [5.41, 5.74) is 0.653. The van der Waals surface area contributed by atoms with Crippen LogP contribution in [0.4, 0.5) is 0 Å². The number of rotatable bonds is 7. The lowest BCUT2D eigenvalue weighted by atomic mass is 10.0. The number of carboxylic acid groups (broad SMARTS) is 1. The number of amides is 1. The highest BCUT2D eigenvalue weighted by atomic mass is 16.5. The van der Waals surface area contributed by atoms with Gasteiger partial charge in [0.05, 0.1) is 7.11 Å². The molecule has 0 unspecified atom stereocenters. The maximum Gasteiger partial charge on any atom is 0.326 e. The van der Waals surface area contributed by atoms with E-state index in [9.17, 15) is 14.7 Å². The zero-order valence-electron chi connectivity index (χ0n) is 12.9. The van der Waals surface area contributed by atoms with Crippen LogP contribution in [0.5, 0.6) is 11.5 Å². The smallest absolute Gasteiger partial charge is 0.326 e. The molecule has 6 heteroatoms. The predicted octanol–water partition coefficient (Wildman–Crippen LogP) is 2.03. The Bertz CT molecular complexity index is 566. The zero-order valence-corrected chi connectivity index (χ0v) is 12.9. The van der Waals surface area contributed by atoms with Crippen LogP contribution in [0.1, 0.15) is 25.8 Å². The molecule has 1 aromatic carbocycles. The van der Waals surface area contributed by atoms with Gasteiger partial charge in [-0.1, -0.05) is 19.9 Å². The van der Waals surface area contributed by atoms with Crippen LogP contribution >= 0.6 is 0 Å². The maximum atomic E-state index is 11.8. The molecule has 22 heavy (non-hydrogen) atoms. The summed E-state index contributed by atoms with van der Waals surface area (Å²) in [5, 5.41) is 21.0. The second kappa shape index (κ2) is 8.07. The Morgan fingerprint density at radius 3 is 2.59 bits per heavy atom. The SMILES string of the molecule is COc1cc(C=CC(=O)N[C@@H](CC(C)C)C(=O)O)ccc1O. The Kier molecular flexibility index (Phi) is 6.44. The van der Waals surface area contributed by atoms with Gasteiger partial charge in [-0.05, 0) is 36.1 Å². The average molecular weight is 307 g/mol. The summed E-state index contributed by atoms with van der Waals surface area (Å²) < 4.78 is 4.97. The Labute approximate surface area is 129 Å². The minimum atomic E-state index is -1.05. The first-order valence-electron chi connectivity index (χ1n) is 6.92. The fourth-order valence-corrected chi connectivity index (χ4v) is 1.88. The molecule has 0 spiro atoms. The normalized spacial score (nSPS) is 12.4. The third kappa shape index (κ3) is 5.47. The molecule has 120 valence electrons. The average Bonchev–Trinajstić information content (AvgIpc) is 2.45. The molecule has 6 nitrogen and oxygen atoms in total. The molecular formula is C16H21NO5. The Morgan fingerprint density at radius 2 is 2.05 bits per heavy atom. The highest BCUT2D eigenvalue weighted by molar-refractivity contribution is 5.94. The van der Waals surface area contributed by atoms with Crippen molar-refractivity contribution in [3.63, 3.8) is 0 Å². The van der Waals surface area contributed by atoms with E-state index in [-0.39, 0.29) is 11.7 Å². The Morgan fingerprint density at radius 1 is 1.36 bits per heavy atom. The third-order valence-electron chi connectivity index (χ3n) is 2.95. The van der Waals surface area contributed by atoms with Gasteiger partial charge < -0.3 is 20.3 Å². The molecule has 0 aliphatic heterocycles. The quantitative estimate of drug-likeness (QED) is 0.670. The lowest BCUT2D eigenvalue weighted by Crippen LogP contribution is -2.40. The number of nitrogens with one attached hydrogen (secondary N) is 1. The van der Waals surface area contributed by atoms with Crippen LogP contribution in [0.25, 0.3) is 6.08 Å². The highest BCUT2D eigenvalue weighted by Gasteiger charge is 2.19. The number of aromatic hydroxyl groups is 1. The van der Waals surface area contributed by atoms with Crippen molar-refractivity contribution in [1.82, 2.24) is 5.32 Å². The summed E-state index contributed by atoms with van der Waals surface area (Å²) in [4.78, 5) is 22.9. The number of carbonyl (C=O) groups excluding carboxylic acids is 1. The molecule has 1 atom stereocenters. The summed E-state index contributed by atoms with van der Waals surface area (Å²) in [6, 6.07) is 3.73. The number of carbonyl (C=O) groups is 2. The van der Waals surface area contributed by atoms with E-state index >= 15 is 0 Å². The Balaban J connectivity index is 2.72. The second-order valence-corrected chi connectivity index (χ2v) is 5.29. The van der Waals surface area contributed by atoms with E-state index in [1.54, 1.807) is 12.1 Å². The van der Waals surface area contributed by atoms with E-state index in [0.29, 0.717) is 17.7 Å². The molecule has 1 amide bonds. The van der Waals surface area contributed by atoms with E-state index in [1.165, 1.54) is 25.3 Å². The summed E-state index contributed by atoms with van der Waals surface area (Å²) in [6.45, 7) is 3.78. The van der Waals surface area contributed by atoms with Gasteiger partial charge in [0.15, 0.2) is 11.5 Å². The van der Waals surface area contributed by atoms with E-state index in [0.717, 1.165) is 0 Å². The van der Waals surface area contributed by atoms with Crippen LogP contribution in [-0.2, 0) is 9.59 Å². The summed E-state index contributed by atoms with van der Waals surface area (Å²) in [7, 11) is 1.43. The molecule has 3 N–H and O–H groups in total. The topological polar surface area (TPSA) is 95.9 Å². The molecule has 0 aliphatic carbocycles.